The Labute approximate surface area is 62.1 Å². The van der Waals surface area contributed by atoms with E-state index in [0.29, 0.717) is 0 Å². The molecular formula is C9H12O. The Balaban J connectivity index is 0.000000371. The Morgan fingerprint density at radius 3 is 2.50 bits per heavy atom. The number of rotatable bonds is 0. The van der Waals surface area contributed by atoms with Crippen molar-refractivity contribution in [1.29, 1.82) is 0 Å². The van der Waals surface area contributed by atoms with E-state index in [-0.39, 0.29) is 0 Å². The number of furan rings is 1. The van der Waals surface area contributed by atoms with Crippen LogP contribution in [0.3, 0.4) is 0 Å². The zero-order valence-corrected chi connectivity index (χ0v) is 6.64. The minimum absolute atomic E-state index is 0.938. The molecule has 1 nitrogen and oxygen atoms in total. The molecule has 1 heterocycles. The molecule has 0 aliphatic heterocycles. The Bertz CT molecular complexity index is 198. The van der Waals surface area contributed by atoms with Gasteiger partial charge in [-0.2, -0.15) is 0 Å². The first-order chi connectivity index (χ1) is 4.93. The zero-order chi connectivity index (χ0) is 7.82. The molecule has 0 amide bonds. The van der Waals surface area contributed by atoms with E-state index < -0.39 is 0 Å². The van der Waals surface area contributed by atoms with Crippen LogP contribution in [0.15, 0.2) is 23.0 Å². The first-order valence-corrected chi connectivity index (χ1v) is 3.38. The van der Waals surface area contributed by atoms with Gasteiger partial charge in [-0.1, -0.05) is 19.8 Å². The lowest BCUT2D eigenvalue weighted by Gasteiger charge is -1.67. The van der Waals surface area contributed by atoms with Crippen molar-refractivity contribution < 1.29 is 4.42 Å². The quantitative estimate of drug-likeness (QED) is 0.500. The summed E-state index contributed by atoms with van der Waals surface area (Å²) in [6.07, 6.45) is 3.23. The molecule has 0 spiro atoms. The van der Waals surface area contributed by atoms with Crippen LogP contribution in [0.5, 0.6) is 0 Å². The van der Waals surface area contributed by atoms with Crippen LogP contribution in [-0.2, 0) is 0 Å². The minimum atomic E-state index is 0.938. The molecule has 1 aromatic rings. The molecule has 0 saturated heterocycles. The summed E-state index contributed by atoms with van der Waals surface area (Å²) in [5.41, 5.74) is 0.938. The van der Waals surface area contributed by atoms with Gasteiger partial charge in [0.1, 0.15) is 6.26 Å². The molecule has 0 aliphatic rings. The topological polar surface area (TPSA) is 13.1 Å². The predicted molar refractivity (Wildman–Crippen MR) is 42.6 cm³/mol. The molecule has 1 heteroatoms. The van der Waals surface area contributed by atoms with Crippen LogP contribution in [0.1, 0.15) is 26.3 Å². The highest BCUT2D eigenvalue weighted by Crippen LogP contribution is 1.95. The molecule has 0 saturated carbocycles. The van der Waals surface area contributed by atoms with Gasteiger partial charge in [0, 0.05) is 0 Å². The van der Waals surface area contributed by atoms with Crippen molar-refractivity contribution in [3.05, 3.63) is 24.2 Å². The monoisotopic (exact) mass is 136 g/mol. The van der Waals surface area contributed by atoms with Gasteiger partial charge in [-0.05, 0) is 13.0 Å². The van der Waals surface area contributed by atoms with Crippen LogP contribution in [0.2, 0.25) is 0 Å². The van der Waals surface area contributed by atoms with E-state index in [1.165, 1.54) is 0 Å². The molecule has 0 fully saturated rings. The lowest BCUT2D eigenvalue weighted by Crippen LogP contribution is -1.57. The van der Waals surface area contributed by atoms with E-state index in [2.05, 4.69) is 11.8 Å². The molecule has 0 atom stereocenters. The molecule has 1 rings (SSSR count). The lowest BCUT2D eigenvalue weighted by atomic mass is 10.3. The smallest absolute Gasteiger partial charge is 0.106 e. The summed E-state index contributed by atoms with van der Waals surface area (Å²) >= 11 is 0. The van der Waals surface area contributed by atoms with Crippen LogP contribution in [0.4, 0.5) is 0 Å². The van der Waals surface area contributed by atoms with E-state index in [1.54, 1.807) is 19.5 Å². The summed E-state index contributed by atoms with van der Waals surface area (Å²) in [7, 11) is 0. The average Bonchev–Trinajstić information content (AvgIpc) is 2.46. The predicted octanol–water partition coefficient (Wildman–Crippen LogP) is 2.68. The molecule has 54 valence electrons. The first-order valence-electron chi connectivity index (χ1n) is 3.38. The molecule has 0 N–H and O–H groups in total. The van der Waals surface area contributed by atoms with Gasteiger partial charge < -0.3 is 4.42 Å². The fourth-order valence-corrected chi connectivity index (χ4v) is 0.480. The highest BCUT2D eigenvalue weighted by atomic mass is 16.3. The van der Waals surface area contributed by atoms with Crippen molar-refractivity contribution in [2.75, 3.05) is 0 Å². The second-order valence-electron chi connectivity index (χ2n) is 1.39. The van der Waals surface area contributed by atoms with Crippen molar-refractivity contribution in [3.8, 4) is 11.8 Å². The SMILES string of the molecule is CC.CC#Cc1ccoc1. The highest BCUT2D eigenvalue weighted by Gasteiger charge is 1.81. The summed E-state index contributed by atoms with van der Waals surface area (Å²) in [5.74, 6) is 5.60. The van der Waals surface area contributed by atoms with E-state index in [4.69, 9.17) is 4.42 Å². The minimum Gasteiger partial charge on any atom is -0.471 e. The number of hydrogen-bond acceptors (Lipinski definition) is 1. The van der Waals surface area contributed by atoms with Gasteiger partial charge in [0.05, 0.1) is 11.8 Å². The second-order valence-corrected chi connectivity index (χ2v) is 1.39. The van der Waals surface area contributed by atoms with Crippen LogP contribution >= 0.6 is 0 Å². The number of hydrogen-bond donors (Lipinski definition) is 0. The van der Waals surface area contributed by atoms with Crippen molar-refractivity contribution >= 4 is 0 Å². The molecular weight excluding hydrogens is 124 g/mol. The first kappa shape index (κ1) is 8.84. The Kier molecular flexibility index (Phi) is 5.28. The molecule has 0 aromatic carbocycles. The van der Waals surface area contributed by atoms with Crippen molar-refractivity contribution in [2.45, 2.75) is 20.8 Å². The maximum atomic E-state index is 4.76. The summed E-state index contributed by atoms with van der Waals surface area (Å²) in [5, 5.41) is 0. The van der Waals surface area contributed by atoms with E-state index in [9.17, 15) is 0 Å². The Morgan fingerprint density at radius 1 is 1.40 bits per heavy atom. The molecule has 1 aromatic heterocycles. The van der Waals surface area contributed by atoms with Crippen molar-refractivity contribution in [2.24, 2.45) is 0 Å². The summed E-state index contributed by atoms with van der Waals surface area (Å²) in [4.78, 5) is 0. The Hall–Kier alpha value is -1.16. The third-order valence-corrected chi connectivity index (χ3v) is 0.791. The van der Waals surface area contributed by atoms with E-state index in [0.717, 1.165) is 5.56 Å². The summed E-state index contributed by atoms with van der Waals surface area (Å²) in [6.45, 7) is 5.80. The molecule has 10 heavy (non-hydrogen) atoms. The van der Waals surface area contributed by atoms with E-state index >= 15 is 0 Å². The van der Waals surface area contributed by atoms with Crippen LogP contribution in [0.25, 0.3) is 0 Å². The maximum Gasteiger partial charge on any atom is 0.106 e. The van der Waals surface area contributed by atoms with Gasteiger partial charge in [0.25, 0.3) is 0 Å². The highest BCUT2D eigenvalue weighted by molar-refractivity contribution is 5.29. The fourth-order valence-electron chi connectivity index (χ4n) is 0.480. The Morgan fingerprint density at radius 2 is 2.10 bits per heavy atom. The molecule has 0 bridgehead atoms. The molecule has 0 radical (unpaired) electrons. The van der Waals surface area contributed by atoms with Gasteiger partial charge in [0.15, 0.2) is 0 Å². The van der Waals surface area contributed by atoms with Gasteiger partial charge in [-0.25, -0.2) is 0 Å². The zero-order valence-electron chi connectivity index (χ0n) is 6.64. The van der Waals surface area contributed by atoms with Crippen LogP contribution in [0, 0.1) is 11.8 Å². The van der Waals surface area contributed by atoms with E-state index in [1.807, 2.05) is 19.9 Å². The molecule has 0 aliphatic carbocycles. The average molecular weight is 136 g/mol. The summed E-state index contributed by atoms with van der Waals surface area (Å²) < 4.78 is 4.76. The van der Waals surface area contributed by atoms with Crippen LogP contribution < -0.4 is 0 Å². The normalized spacial score (nSPS) is 6.70. The third kappa shape index (κ3) is 2.99. The lowest BCUT2D eigenvalue weighted by molar-refractivity contribution is 0.566. The van der Waals surface area contributed by atoms with Gasteiger partial charge in [-0.3, -0.25) is 0 Å². The maximum absolute atomic E-state index is 4.76. The largest absolute Gasteiger partial charge is 0.471 e. The second kappa shape index (κ2) is 5.97. The third-order valence-electron chi connectivity index (χ3n) is 0.791. The standard InChI is InChI=1S/C7H6O.C2H6/c1-2-3-7-4-5-8-6-7;1-2/h4-6H,1H3;1-2H3. The van der Waals surface area contributed by atoms with Gasteiger partial charge >= 0.3 is 0 Å². The molecule has 0 unspecified atom stereocenters. The van der Waals surface area contributed by atoms with Gasteiger partial charge in [-0.15, -0.1) is 5.92 Å². The summed E-state index contributed by atoms with van der Waals surface area (Å²) in [6, 6.07) is 1.83. The van der Waals surface area contributed by atoms with Gasteiger partial charge in [0.2, 0.25) is 0 Å². The van der Waals surface area contributed by atoms with Crippen molar-refractivity contribution in [3.63, 3.8) is 0 Å². The fraction of sp³-hybridized carbons (Fsp3) is 0.333. The van der Waals surface area contributed by atoms with Crippen molar-refractivity contribution in [1.82, 2.24) is 0 Å². The van der Waals surface area contributed by atoms with Crippen LogP contribution in [-0.4, -0.2) is 0 Å².